The molecule has 0 aromatic rings. The van der Waals surface area contributed by atoms with Gasteiger partial charge in [-0.2, -0.15) is 0 Å². The molecule has 0 radical (unpaired) electrons. The molecule has 1 aliphatic heterocycles. The molecule has 0 aromatic carbocycles. The highest BCUT2D eigenvalue weighted by molar-refractivity contribution is 5.76. The molecule has 0 aromatic heterocycles. The van der Waals surface area contributed by atoms with Gasteiger partial charge < -0.3 is 9.80 Å². The zero-order valence-electron chi connectivity index (χ0n) is 9.46. The Balaban J connectivity index is 2.28. The summed E-state index contributed by atoms with van der Waals surface area (Å²) in [6, 6.07) is 0.256. The summed E-state index contributed by atoms with van der Waals surface area (Å²) in [5.74, 6) is 0. The van der Waals surface area contributed by atoms with Gasteiger partial charge in [-0.05, 0) is 12.8 Å². The van der Waals surface area contributed by atoms with Crippen LogP contribution >= 0.6 is 0 Å². The molecule has 3 nitrogen and oxygen atoms in total. The Bertz CT molecular complexity index is 164. The topological polar surface area (TPSA) is 23.6 Å². The molecular weight excluding hydrogens is 176 g/mol. The molecular formula is C11H22N2O. The van der Waals surface area contributed by atoms with Gasteiger partial charge in [0.05, 0.1) is 0 Å². The summed E-state index contributed by atoms with van der Waals surface area (Å²) in [6.45, 7) is 8.08. The van der Waals surface area contributed by atoms with Gasteiger partial charge in [-0.25, -0.2) is 4.79 Å². The second kappa shape index (κ2) is 5.89. The number of carbonyl (C=O) groups is 1. The fourth-order valence-electron chi connectivity index (χ4n) is 1.75. The Morgan fingerprint density at radius 3 is 1.79 bits per heavy atom. The van der Waals surface area contributed by atoms with Gasteiger partial charge in [0.25, 0.3) is 0 Å². The molecule has 0 N–H and O–H groups in total. The summed E-state index contributed by atoms with van der Waals surface area (Å²) in [6.07, 6.45) is 4.60. The van der Waals surface area contributed by atoms with Crippen LogP contribution in [0.4, 0.5) is 4.79 Å². The number of hydrogen-bond donors (Lipinski definition) is 0. The van der Waals surface area contributed by atoms with Crippen LogP contribution in [0.5, 0.6) is 0 Å². The van der Waals surface area contributed by atoms with Crippen LogP contribution in [-0.2, 0) is 0 Å². The summed E-state index contributed by atoms with van der Waals surface area (Å²) in [5, 5.41) is 0. The molecule has 1 rings (SSSR count). The third kappa shape index (κ3) is 2.89. The van der Waals surface area contributed by atoms with E-state index in [0.29, 0.717) is 0 Å². The molecule has 1 aliphatic rings. The minimum absolute atomic E-state index is 0.256. The number of unbranched alkanes of at least 4 members (excludes halogenated alkanes) is 2. The third-order valence-corrected chi connectivity index (χ3v) is 2.74. The second-order valence-corrected chi connectivity index (χ2v) is 3.96. The second-order valence-electron chi connectivity index (χ2n) is 3.96. The van der Waals surface area contributed by atoms with Gasteiger partial charge in [-0.1, -0.05) is 26.7 Å². The van der Waals surface area contributed by atoms with Crippen molar-refractivity contribution in [2.45, 2.75) is 39.5 Å². The quantitative estimate of drug-likeness (QED) is 0.642. The van der Waals surface area contributed by atoms with E-state index in [1.807, 2.05) is 9.80 Å². The number of nitrogens with zero attached hydrogens (tertiary/aromatic N) is 2. The van der Waals surface area contributed by atoms with Crippen molar-refractivity contribution in [3.8, 4) is 0 Å². The van der Waals surface area contributed by atoms with Crippen LogP contribution in [0.1, 0.15) is 39.5 Å². The fourth-order valence-corrected chi connectivity index (χ4v) is 1.75. The van der Waals surface area contributed by atoms with Gasteiger partial charge in [0.2, 0.25) is 0 Å². The van der Waals surface area contributed by atoms with Gasteiger partial charge in [0.15, 0.2) is 0 Å². The molecule has 82 valence electrons. The molecule has 2 amide bonds. The van der Waals surface area contributed by atoms with E-state index in [4.69, 9.17) is 0 Å². The van der Waals surface area contributed by atoms with E-state index in [0.717, 1.165) is 39.0 Å². The minimum atomic E-state index is 0.256. The molecule has 1 fully saturated rings. The van der Waals surface area contributed by atoms with Crippen molar-refractivity contribution < 1.29 is 4.79 Å². The van der Waals surface area contributed by atoms with Crippen molar-refractivity contribution >= 4 is 6.03 Å². The first-order valence-corrected chi connectivity index (χ1v) is 5.83. The van der Waals surface area contributed by atoms with Crippen LogP contribution in [-0.4, -0.2) is 42.0 Å². The van der Waals surface area contributed by atoms with E-state index >= 15 is 0 Å². The number of hydrogen-bond acceptors (Lipinski definition) is 1. The van der Waals surface area contributed by atoms with E-state index in [2.05, 4.69) is 13.8 Å². The van der Waals surface area contributed by atoms with E-state index in [1.165, 1.54) is 12.8 Å². The molecule has 0 unspecified atom stereocenters. The number of amides is 2. The standard InChI is InChI=1S/C11H22N2O/c1-3-5-7-12-9-10-13(11(12)14)8-6-4-2/h3-10H2,1-2H3. The Kier molecular flexibility index (Phi) is 4.77. The largest absolute Gasteiger partial charge is 0.323 e. The van der Waals surface area contributed by atoms with Crippen molar-refractivity contribution in [1.29, 1.82) is 0 Å². The summed E-state index contributed by atoms with van der Waals surface area (Å²) in [5.41, 5.74) is 0. The molecule has 1 saturated heterocycles. The van der Waals surface area contributed by atoms with E-state index < -0.39 is 0 Å². The van der Waals surface area contributed by atoms with Crippen molar-refractivity contribution in [2.24, 2.45) is 0 Å². The molecule has 0 spiro atoms. The van der Waals surface area contributed by atoms with Crippen LogP contribution in [0.3, 0.4) is 0 Å². The number of carbonyl (C=O) groups excluding carboxylic acids is 1. The average Bonchev–Trinajstić information content (AvgIpc) is 2.54. The molecule has 0 atom stereocenters. The van der Waals surface area contributed by atoms with Gasteiger partial charge >= 0.3 is 6.03 Å². The SMILES string of the molecule is CCCCN1CCN(CCCC)C1=O. The fraction of sp³-hybridized carbons (Fsp3) is 0.909. The van der Waals surface area contributed by atoms with Crippen LogP contribution < -0.4 is 0 Å². The van der Waals surface area contributed by atoms with E-state index in [1.54, 1.807) is 0 Å². The van der Waals surface area contributed by atoms with Crippen LogP contribution in [0.25, 0.3) is 0 Å². The summed E-state index contributed by atoms with van der Waals surface area (Å²) in [7, 11) is 0. The first-order chi connectivity index (χ1) is 6.79. The third-order valence-electron chi connectivity index (χ3n) is 2.74. The van der Waals surface area contributed by atoms with E-state index in [-0.39, 0.29) is 6.03 Å². The number of rotatable bonds is 6. The maximum absolute atomic E-state index is 11.8. The molecule has 0 saturated carbocycles. The summed E-state index contributed by atoms with van der Waals surface area (Å²) < 4.78 is 0. The highest BCUT2D eigenvalue weighted by Gasteiger charge is 2.26. The molecule has 3 heteroatoms. The lowest BCUT2D eigenvalue weighted by molar-refractivity contribution is 0.191. The lowest BCUT2D eigenvalue weighted by Crippen LogP contribution is -2.33. The summed E-state index contributed by atoms with van der Waals surface area (Å²) >= 11 is 0. The van der Waals surface area contributed by atoms with Crippen molar-refractivity contribution in [2.75, 3.05) is 26.2 Å². The lowest BCUT2D eigenvalue weighted by Gasteiger charge is -2.17. The number of urea groups is 1. The van der Waals surface area contributed by atoms with Gasteiger partial charge in [0.1, 0.15) is 0 Å². The highest BCUT2D eigenvalue weighted by atomic mass is 16.2. The van der Waals surface area contributed by atoms with Crippen molar-refractivity contribution in [1.82, 2.24) is 9.80 Å². The monoisotopic (exact) mass is 198 g/mol. The highest BCUT2D eigenvalue weighted by Crippen LogP contribution is 2.10. The predicted molar refractivity (Wildman–Crippen MR) is 58.4 cm³/mol. The van der Waals surface area contributed by atoms with Crippen molar-refractivity contribution in [3.63, 3.8) is 0 Å². The first kappa shape index (κ1) is 11.3. The molecule has 0 aliphatic carbocycles. The van der Waals surface area contributed by atoms with Crippen LogP contribution in [0.15, 0.2) is 0 Å². The normalized spacial score (nSPS) is 16.9. The molecule has 1 heterocycles. The maximum atomic E-state index is 11.8. The van der Waals surface area contributed by atoms with Crippen LogP contribution in [0.2, 0.25) is 0 Å². The predicted octanol–water partition coefficient (Wildman–Crippen LogP) is 2.32. The Morgan fingerprint density at radius 1 is 1.00 bits per heavy atom. The van der Waals surface area contributed by atoms with Crippen molar-refractivity contribution in [3.05, 3.63) is 0 Å². The zero-order valence-corrected chi connectivity index (χ0v) is 9.46. The zero-order chi connectivity index (χ0) is 10.4. The van der Waals surface area contributed by atoms with E-state index in [9.17, 15) is 4.79 Å². The lowest BCUT2D eigenvalue weighted by atomic mass is 10.3. The maximum Gasteiger partial charge on any atom is 0.320 e. The van der Waals surface area contributed by atoms with Gasteiger partial charge in [-0.15, -0.1) is 0 Å². The molecule has 14 heavy (non-hydrogen) atoms. The molecule has 0 bridgehead atoms. The first-order valence-electron chi connectivity index (χ1n) is 5.83. The Hall–Kier alpha value is -0.730. The summed E-state index contributed by atoms with van der Waals surface area (Å²) in [4.78, 5) is 15.7. The minimum Gasteiger partial charge on any atom is -0.323 e. The van der Waals surface area contributed by atoms with Crippen LogP contribution in [0, 0.1) is 0 Å². The van der Waals surface area contributed by atoms with Gasteiger partial charge in [-0.3, -0.25) is 0 Å². The smallest absolute Gasteiger partial charge is 0.320 e. The Morgan fingerprint density at radius 2 is 1.43 bits per heavy atom. The Labute approximate surface area is 87.1 Å². The average molecular weight is 198 g/mol. The van der Waals surface area contributed by atoms with Gasteiger partial charge in [0, 0.05) is 26.2 Å².